The molecule has 0 saturated heterocycles. The van der Waals surface area contributed by atoms with Crippen molar-refractivity contribution in [2.24, 2.45) is 0 Å². The molecule has 146 valence electrons. The summed E-state index contributed by atoms with van der Waals surface area (Å²) in [5, 5.41) is 1.19. The van der Waals surface area contributed by atoms with E-state index in [9.17, 15) is 13.2 Å². The van der Waals surface area contributed by atoms with Crippen LogP contribution in [0, 0.1) is 0 Å². The van der Waals surface area contributed by atoms with Gasteiger partial charge in [-0.15, -0.1) is 0 Å². The molecule has 0 amide bonds. The number of aromatic nitrogens is 1. The lowest BCUT2D eigenvalue weighted by Crippen LogP contribution is -2.07. The van der Waals surface area contributed by atoms with Gasteiger partial charge in [0, 0.05) is 16.9 Å². The third-order valence-corrected chi connectivity index (χ3v) is 5.54. The Morgan fingerprint density at radius 3 is 2.28 bits per heavy atom. The number of alkyl halides is 4. The number of halogens is 4. The number of rotatable bonds is 4. The molecule has 0 fully saturated rings. The number of para-hydroxylation sites is 1. The first kappa shape index (κ1) is 19.6. The summed E-state index contributed by atoms with van der Waals surface area (Å²) in [5.74, 6) is 0. The van der Waals surface area contributed by atoms with Gasteiger partial charge in [-0.1, -0.05) is 82.7 Å². The average Bonchev–Trinajstić information content (AvgIpc) is 2.73. The van der Waals surface area contributed by atoms with Crippen molar-refractivity contribution in [1.29, 1.82) is 0 Å². The van der Waals surface area contributed by atoms with Gasteiger partial charge in [-0.3, -0.25) is 4.98 Å². The number of nitrogens with zero attached hydrogens (tertiary/aromatic N) is 1. The Kier molecular flexibility index (Phi) is 5.41. The smallest absolute Gasteiger partial charge is 0.255 e. The van der Waals surface area contributed by atoms with Crippen molar-refractivity contribution in [2.75, 3.05) is 0 Å². The van der Waals surface area contributed by atoms with Crippen LogP contribution in [0.25, 0.3) is 22.0 Å². The molecule has 1 heterocycles. The van der Waals surface area contributed by atoms with E-state index >= 15 is 0 Å². The lowest BCUT2D eigenvalue weighted by Gasteiger charge is -2.17. The highest BCUT2D eigenvalue weighted by Gasteiger charge is 2.33. The first-order chi connectivity index (χ1) is 14.0. The van der Waals surface area contributed by atoms with Gasteiger partial charge in [-0.25, -0.2) is 0 Å². The molecular weight excluding hydrogens is 439 g/mol. The molecule has 1 aromatic heterocycles. The zero-order valence-electron chi connectivity index (χ0n) is 15.4. The minimum atomic E-state index is -4.46. The Labute approximate surface area is 175 Å². The molecule has 0 N–H and O–H groups in total. The molecule has 0 bridgehead atoms. The Bertz CT molecular complexity index is 1150. The SMILES string of the molecule is FC(F)(F)c1cccc2c(-c3cccc(CBr)c3)c(Cc3ccccc3)cnc12. The zero-order valence-corrected chi connectivity index (χ0v) is 17.0. The van der Waals surface area contributed by atoms with Crippen LogP contribution in [-0.4, -0.2) is 4.98 Å². The van der Waals surface area contributed by atoms with E-state index in [-0.39, 0.29) is 5.52 Å². The Morgan fingerprint density at radius 2 is 1.55 bits per heavy atom. The minimum Gasteiger partial charge on any atom is -0.255 e. The second kappa shape index (κ2) is 7.99. The normalized spacial score (nSPS) is 11.7. The van der Waals surface area contributed by atoms with Crippen molar-refractivity contribution < 1.29 is 13.2 Å². The quantitative estimate of drug-likeness (QED) is 0.292. The lowest BCUT2D eigenvalue weighted by atomic mass is 9.91. The zero-order chi connectivity index (χ0) is 20.4. The molecule has 0 atom stereocenters. The van der Waals surface area contributed by atoms with E-state index < -0.39 is 11.7 Å². The number of fused-ring (bicyclic) bond motifs is 1. The summed E-state index contributed by atoms with van der Waals surface area (Å²) in [6.45, 7) is 0. The van der Waals surface area contributed by atoms with Crippen LogP contribution < -0.4 is 0 Å². The van der Waals surface area contributed by atoms with Crippen LogP contribution in [0.2, 0.25) is 0 Å². The van der Waals surface area contributed by atoms with Gasteiger partial charge < -0.3 is 0 Å². The minimum absolute atomic E-state index is 0.0175. The second-order valence-electron chi connectivity index (χ2n) is 6.85. The lowest BCUT2D eigenvalue weighted by molar-refractivity contribution is -0.136. The number of benzene rings is 3. The predicted molar refractivity (Wildman–Crippen MR) is 114 cm³/mol. The standard InChI is InChI=1S/C24H17BrF3N/c25-14-17-8-4-9-18(13-17)22-19(12-16-6-2-1-3-7-16)15-29-23-20(22)10-5-11-21(23)24(26,27)28/h1-11,13,15H,12,14H2. The van der Waals surface area contributed by atoms with Crippen LogP contribution in [0.3, 0.4) is 0 Å². The van der Waals surface area contributed by atoms with E-state index in [1.807, 2.05) is 54.6 Å². The number of hydrogen-bond acceptors (Lipinski definition) is 1. The molecule has 0 spiro atoms. The third-order valence-electron chi connectivity index (χ3n) is 4.89. The Morgan fingerprint density at radius 1 is 0.828 bits per heavy atom. The maximum atomic E-state index is 13.6. The second-order valence-corrected chi connectivity index (χ2v) is 7.42. The highest BCUT2D eigenvalue weighted by Crippen LogP contribution is 2.39. The van der Waals surface area contributed by atoms with Gasteiger partial charge in [-0.05, 0) is 40.3 Å². The van der Waals surface area contributed by atoms with Gasteiger partial charge in [0.25, 0.3) is 0 Å². The summed E-state index contributed by atoms with van der Waals surface area (Å²) in [7, 11) is 0. The molecule has 0 unspecified atom stereocenters. The van der Waals surface area contributed by atoms with Crippen molar-refractivity contribution in [3.8, 4) is 11.1 Å². The van der Waals surface area contributed by atoms with Gasteiger partial charge in [0.2, 0.25) is 0 Å². The molecule has 5 heteroatoms. The summed E-state index contributed by atoms with van der Waals surface area (Å²) >= 11 is 3.46. The summed E-state index contributed by atoms with van der Waals surface area (Å²) in [4.78, 5) is 4.24. The molecule has 0 aliphatic heterocycles. The fourth-order valence-corrected chi connectivity index (χ4v) is 3.94. The number of pyridine rings is 1. The molecule has 4 aromatic rings. The molecule has 4 rings (SSSR count). The first-order valence-corrected chi connectivity index (χ1v) is 10.3. The topological polar surface area (TPSA) is 12.9 Å². The fraction of sp³-hybridized carbons (Fsp3) is 0.125. The van der Waals surface area contributed by atoms with Crippen molar-refractivity contribution in [3.63, 3.8) is 0 Å². The summed E-state index contributed by atoms with van der Waals surface area (Å²) in [5.41, 5.74) is 4.00. The van der Waals surface area contributed by atoms with E-state index in [1.54, 1.807) is 12.3 Å². The highest BCUT2D eigenvalue weighted by molar-refractivity contribution is 9.08. The van der Waals surface area contributed by atoms with Gasteiger partial charge in [0.05, 0.1) is 11.1 Å². The third kappa shape index (κ3) is 4.06. The Balaban J connectivity index is 2.00. The molecule has 0 radical (unpaired) electrons. The molecule has 0 saturated carbocycles. The summed E-state index contributed by atoms with van der Waals surface area (Å²) in [6.07, 6.45) is -2.28. The van der Waals surface area contributed by atoms with E-state index in [4.69, 9.17) is 0 Å². The van der Waals surface area contributed by atoms with Crippen LogP contribution in [0.1, 0.15) is 22.3 Å². The highest BCUT2D eigenvalue weighted by atomic mass is 79.9. The van der Waals surface area contributed by atoms with Crippen molar-refractivity contribution in [2.45, 2.75) is 17.9 Å². The maximum absolute atomic E-state index is 13.6. The van der Waals surface area contributed by atoms with Gasteiger partial charge >= 0.3 is 6.18 Å². The summed E-state index contributed by atoms with van der Waals surface area (Å²) < 4.78 is 40.7. The number of hydrogen-bond donors (Lipinski definition) is 0. The fourth-order valence-electron chi connectivity index (χ4n) is 3.59. The van der Waals surface area contributed by atoms with E-state index in [1.165, 1.54) is 6.07 Å². The van der Waals surface area contributed by atoms with Crippen molar-refractivity contribution in [3.05, 3.63) is 101 Å². The average molecular weight is 456 g/mol. The van der Waals surface area contributed by atoms with Gasteiger partial charge in [-0.2, -0.15) is 13.2 Å². The first-order valence-electron chi connectivity index (χ1n) is 9.14. The van der Waals surface area contributed by atoms with Crippen LogP contribution >= 0.6 is 15.9 Å². The molecule has 3 aromatic carbocycles. The monoisotopic (exact) mass is 455 g/mol. The molecule has 0 aliphatic rings. The van der Waals surface area contributed by atoms with E-state index in [0.29, 0.717) is 17.1 Å². The maximum Gasteiger partial charge on any atom is 0.418 e. The molecular formula is C24H17BrF3N. The van der Waals surface area contributed by atoms with Crippen LogP contribution in [-0.2, 0) is 17.9 Å². The summed E-state index contributed by atoms with van der Waals surface area (Å²) in [6, 6.07) is 22.0. The largest absolute Gasteiger partial charge is 0.418 e. The van der Waals surface area contributed by atoms with Crippen LogP contribution in [0.4, 0.5) is 13.2 Å². The van der Waals surface area contributed by atoms with E-state index in [0.717, 1.165) is 33.9 Å². The van der Waals surface area contributed by atoms with Gasteiger partial charge in [0.1, 0.15) is 0 Å². The molecule has 0 aliphatic carbocycles. The van der Waals surface area contributed by atoms with Crippen LogP contribution in [0.5, 0.6) is 0 Å². The molecule has 1 nitrogen and oxygen atoms in total. The van der Waals surface area contributed by atoms with E-state index in [2.05, 4.69) is 20.9 Å². The van der Waals surface area contributed by atoms with Crippen LogP contribution in [0.15, 0.2) is 79.0 Å². The van der Waals surface area contributed by atoms with Crippen molar-refractivity contribution >= 4 is 26.8 Å². The molecule has 29 heavy (non-hydrogen) atoms. The van der Waals surface area contributed by atoms with Gasteiger partial charge in [0.15, 0.2) is 0 Å². The Hall–Kier alpha value is -2.66. The van der Waals surface area contributed by atoms with Crippen molar-refractivity contribution in [1.82, 2.24) is 4.98 Å². The predicted octanol–water partition coefficient (Wildman–Crippen LogP) is 7.41.